The lowest BCUT2D eigenvalue weighted by molar-refractivity contribution is -0.126. The van der Waals surface area contributed by atoms with E-state index in [1.54, 1.807) is 36.5 Å². The van der Waals surface area contributed by atoms with E-state index in [0.29, 0.717) is 17.9 Å². The molecular weight excluding hydrogens is 494 g/mol. The fraction of sp³-hybridized carbons (Fsp3) is 0.346. The monoisotopic (exact) mass is 523 g/mol. The number of carboxylic acids is 1. The minimum absolute atomic E-state index is 0.154. The fourth-order valence-corrected chi connectivity index (χ4v) is 4.71. The average molecular weight is 524 g/mol. The summed E-state index contributed by atoms with van der Waals surface area (Å²) in [5.41, 5.74) is 2.69. The van der Waals surface area contributed by atoms with Crippen molar-refractivity contribution in [3.8, 4) is 0 Å². The lowest BCUT2D eigenvalue weighted by Crippen LogP contribution is -2.34. The summed E-state index contributed by atoms with van der Waals surface area (Å²) in [7, 11) is 1.43. The van der Waals surface area contributed by atoms with Gasteiger partial charge in [-0.15, -0.1) is 11.3 Å². The van der Waals surface area contributed by atoms with Gasteiger partial charge in [-0.25, -0.2) is 24.5 Å². The fourth-order valence-electron chi connectivity index (χ4n) is 4.10. The van der Waals surface area contributed by atoms with Gasteiger partial charge in [-0.3, -0.25) is 9.69 Å². The minimum atomic E-state index is -0.983. The molecule has 1 fully saturated rings. The highest BCUT2D eigenvalue weighted by Gasteiger charge is 2.41. The molecule has 0 radical (unpaired) electrons. The third kappa shape index (κ3) is 5.78. The summed E-state index contributed by atoms with van der Waals surface area (Å²) in [6, 6.07) is 6.21. The summed E-state index contributed by atoms with van der Waals surface area (Å²) in [6.45, 7) is 4.44. The smallest absolute Gasteiger partial charge is 0.335 e. The Morgan fingerprint density at radius 2 is 1.92 bits per heavy atom. The maximum Gasteiger partial charge on any atom is 0.335 e. The van der Waals surface area contributed by atoms with E-state index in [4.69, 9.17) is 4.74 Å². The second kappa shape index (κ2) is 11.5. The number of benzene rings is 1. The van der Waals surface area contributed by atoms with Gasteiger partial charge in [-0.1, -0.05) is 25.5 Å². The number of unbranched alkanes of at least 4 members (excludes halogenated alkanes) is 1. The molecule has 3 heterocycles. The molecule has 1 aliphatic heterocycles. The number of rotatable bonds is 11. The Kier molecular flexibility index (Phi) is 8.14. The van der Waals surface area contributed by atoms with Gasteiger partial charge < -0.3 is 14.4 Å². The standard InChI is InChI=1S/C26H29N5O5S/c1-4-5-6-23-27-12-21(29(23)13-18-7-9-19(10-8-18)25(33)34)11-22-24(32)31(16-36-3)26(35)30(22)14-20-15-37-17(2)28-20/h7-12,15H,4-6,13-14,16H2,1-3H3,(H,33,34)/b22-11+. The number of carbonyl (C=O) groups is 3. The predicted octanol–water partition coefficient (Wildman–Crippen LogP) is 4.15. The molecule has 0 saturated carbocycles. The van der Waals surface area contributed by atoms with Crippen molar-refractivity contribution in [3.05, 3.63) is 74.9 Å². The lowest BCUT2D eigenvalue weighted by atomic mass is 10.1. The van der Waals surface area contributed by atoms with Gasteiger partial charge in [0.1, 0.15) is 18.3 Å². The number of ether oxygens (including phenoxy) is 1. The first kappa shape index (κ1) is 26.2. The topological polar surface area (TPSA) is 118 Å². The van der Waals surface area contributed by atoms with Crippen LogP contribution in [0.25, 0.3) is 6.08 Å². The van der Waals surface area contributed by atoms with Crippen LogP contribution in [-0.2, 0) is 29.0 Å². The van der Waals surface area contributed by atoms with Crippen molar-refractivity contribution >= 4 is 35.3 Å². The zero-order chi connectivity index (χ0) is 26.5. The Morgan fingerprint density at radius 1 is 1.16 bits per heavy atom. The van der Waals surface area contributed by atoms with Crippen LogP contribution in [0.5, 0.6) is 0 Å². The summed E-state index contributed by atoms with van der Waals surface area (Å²) >= 11 is 1.48. The molecule has 0 unspecified atom stereocenters. The predicted molar refractivity (Wildman–Crippen MR) is 138 cm³/mol. The van der Waals surface area contributed by atoms with Crippen molar-refractivity contribution in [2.75, 3.05) is 13.8 Å². The van der Waals surface area contributed by atoms with E-state index in [0.717, 1.165) is 40.6 Å². The minimum Gasteiger partial charge on any atom is -0.478 e. The molecule has 0 aliphatic carbocycles. The average Bonchev–Trinajstić information content (AvgIpc) is 3.53. The largest absolute Gasteiger partial charge is 0.478 e. The van der Waals surface area contributed by atoms with Crippen LogP contribution in [0.2, 0.25) is 0 Å². The van der Waals surface area contributed by atoms with Crippen LogP contribution in [-0.4, -0.2) is 61.2 Å². The molecule has 4 rings (SSSR count). The van der Waals surface area contributed by atoms with Crippen molar-refractivity contribution in [2.45, 2.75) is 46.2 Å². The first-order valence-corrected chi connectivity index (χ1v) is 12.8. The molecule has 1 N–H and O–H groups in total. The van der Waals surface area contributed by atoms with E-state index in [9.17, 15) is 19.5 Å². The Labute approximate surface area is 218 Å². The molecule has 0 atom stereocenters. The Balaban J connectivity index is 1.72. The highest BCUT2D eigenvalue weighted by Crippen LogP contribution is 2.27. The number of nitrogens with zero attached hydrogens (tertiary/aromatic N) is 5. The summed E-state index contributed by atoms with van der Waals surface area (Å²) in [6.07, 6.45) is 6.07. The number of amides is 3. The van der Waals surface area contributed by atoms with Gasteiger partial charge in [-0.2, -0.15) is 0 Å². The number of methoxy groups -OCH3 is 1. The normalized spacial score (nSPS) is 14.8. The molecule has 10 nitrogen and oxygen atoms in total. The van der Waals surface area contributed by atoms with E-state index < -0.39 is 17.9 Å². The summed E-state index contributed by atoms with van der Waals surface area (Å²) in [5.74, 6) is -0.584. The van der Waals surface area contributed by atoms with Gasteiger partial charge >= 0.3 is 12.0 Å². The van der Waals surface area contributed by atoms with Crippen LogP contribution < -0.4 is 0 Å². The maximum atomic E-state index is 13.3. The van der Waals surface area contributed by atoms with E-state index in [-0.39, 0.29) is 24.5 Å². The molecule has 37 heavy (non-hydrogen) atoms. The van der Waals surface area contributed by atoms with Gasteiger partial charge in [0.25, 0.3) is 5.91 Å². The van der Waals surface area contributed by atoms with Crippen molar-refractivity contribution in [1.29, 1.82) is 0 Å². The van der Waals surface area contributed by atoms with Gasteiger partial charge in [0.2, 0.25) is 0 Å². The number of carboxylic acid groups (broad SMARTS) is 1. The van der Waals surface area contributed by atoms with Crippen LogP contribution in [0.15, 0.2) is 41.5 Å². The molecule has 1 aliphatic rings. The summed E-state index contributed by atoms with van der Waals surface area (Å²) in [5, 5.41) is 12.0. The third-order valence-electron chi connectivity index (χ3n) is 6.01. The van der Waals surface area contributed by atoms with E-state index >= 15 is 0 Å². The zero-order valence-corrected chi connectivity index (χ0v) is 21.8. The molecule has 1 saturated heterocycles. The summed E-state index contributed by atoms with van der Waals surface area (Å²) < 4.78 is 7.10. The quantitative estimate of drug-likeness (QED) is 0.296. The first-order chi connectivity index (χ1) is 17.8. The number of aromatic carboxylic acids is 1. The Bertz CT molecular complexity index is 1330. The number of aryl methyl sites for hydroxylation is 2. The van der Waals surface area contributed by atoms with Crippen molar-refractivity contribution in [2.24, 2.45) is 0 Å². The van der Waals surface area contributed by atoms with Gasteiger partial charge in [0.05, 0.1) is 34.7 Å². The number of thiazole rings is 1. The van der Waals surface area contributed by atoms with E-state index in [1.807, 2.05) is 16.9 Å². The highest BCUT2D eigenvalue weighted by atomic mass is 32.1. The first-order valence-electron chi connectivity index (χ1n) is 11.9. The van der Waals surface area contributed by atoms with Gasteiger partial charge in [0.15, 0.2) is 0 Å². The number of imidazole rings is 1. The molecule has 3 aromatic rings. The number of hydrogen-bond acceptors (Lipinski definition) is 7. The molecule has 0 spiro atoms. The molecule has 194 valence electrons. The number of imide groups is 1. The molecule has 2 aromatic heterocycles. The molecular formula is C26H29N5O5S. The second-order valence-corrected chi connectivity index (χ2v) is 9.76. The van der Waals surface area contributed by atoms with Crippen molar-refractivity contribution in [3.63, 3.8) is 0 Å². The van der Waals surface area contributed by atoms with Crippen LogP contribution in [0.4, 0.5) is 4.79 Å². The molecule has 11 heteroatoms. The Hall–Kier alpha value is -3.83. The summed E-state index contributed by atoms with van der Waals surface area (Å²) in [4.78, 5) is 49.2. The van der Waals surface area contributed by atoms with Crippen LogP contribution in [0.3, 0.4) is 0 Å². The molecule has 3 amide bonds. The number of carbonyl (C=O) groups excluding carboxylic acids is 2. The van der Waals surface area contributed by atoms with Crippen molar-refractivity contribution in [1.82, 2.24) is 24.3 Å². The SMILES string of the molecule is CCCCc1ncc(/C=C2\C(=O)N(COC)C(=O)N2Cc2csc(C)n2)n1Cc1ccc(C(=O)O)cc1. The second-order valence-electron chi connectivity index (χ2n) is 8.70. The Morgan fingerprint density at radius 3 is 2.54 bits per heavy atom. The van der Waals surface area contributed by atoms with Crippen LogP contribution in [0, 0.1) is 6.92 Å². The number of aromatic nitrogens is 3. The van der Waals surface area contributed by atoms with E-state index in [1.165, 1.54) is 23.3 Å². The zero-order valence-electron chi connectivity index (χ0n) is 21.0. The number of hydrogen-bond donors (Lipinski definition) is 1. The third-order valence-corrected chi connectivity index (χ3v) is 6.83. The van der Waals surface area contributed by atoms with E-state index in [2.05, 4.69) is 16.9 Å². The van der Waals surface area contributed by atoms with Crippen LogP contribution in [0.1, 0.15) is 57.9 Å². The molecule has 1 aromatic carbocycles. The van der Waals surface area contributed by atoms with Crippen molar-refractivity contribution < 1.29 is 24.2 Å². The maximum absolute atomic E-state index is 13.3. The molecule has 0 bridgehead atoms. The van der Waals surface area contributed by atoms with Crippen LogP contribution >= 0.6 is 11.3 Å². The van der Waals surface area contributed by atoms with Gasteiger partial charge in [-0.05, 0) is 37.1 Å². The van der Waals surface area contributed by atoms with Gasteiger partial charge in [0, 0.05) is 25.5 Å². The highest BCUT2D eigenvalue weighted by molar-refractivity contribution is 7.09. The lowest BCUT2D eigenvalue weighted by Gasteiger charge is -2.16. The number of urea groups is 1.